The minimum atomic E-state index is 0.349. The topological polar surface area (TPSA) is 24.9 Å². The van der Waals surface area contributed by atoms with Crippen LogP contribution in [0.3, 0.4) is 0 Å². The third kappa shape index (κ3) is 2.55. The van der Waals surface area contributed by atoms with Gasteiger partial charge in [0.15, 0.2) is 0 Å². The van der Waals surface area contributed by atoms with Gasteiger partial charge in [-0.1, -0.05) is 24.9 Å². The zero-order valence-electron chi connectivity index (χ0n) is 9.75. The normalized spacial score (nSPS) is 18.1. The Morgan fingerprint density at radius 1 is 1.56 bits per heavy atom. The Bertz CT molecular complexity index is 336. The average Bonchev–Trinajstić information content (AvgIpc) is 2.22. The molecule has 0 saturated heterocycles. The van der Waals surface area contributed by atoms with Gasteiger partial charge in [0.1, 0.15) is 0 Å². The lowest BCUT2D eigenvalue weighted by Gasteiger charge is -2.34. The highest BCUT2D eigenvalue weighted by Gasteiger charge is 2.29. The van der Waals surface area contributed by atoms with Crippen LogP contribution in [0.4, 0.5) is 0 Å². The molecule has 0 bridgehead atoms. The maximum absolute atomic E-state index is 6.22. The van der Waals surface area contributed by atoms with E-state index >= 15 is 0 Å². The molecule has 88 valence electrons. The highest BCUT2D eigenvalue weighted by Crippen LogP contribution is 2.38. The van der Waals surface area contributed by atoms with Gasteiger partial charge >= 0.3 is 0 Å². The molecule has 0 aliphatic heterocycles. The summed E-state index contributed by atoms with van der Waals surface area (Å²) in [6.45, 7) is 3.22. The Morgan fingerprint density at radius 2 is 2.38 bits per heavy atom. The molecule has 2 rings (SSSR count). The van der Waals surface area contributed by atoms with Gasteiger partial charge in [-0.3, -0.25) is 4.98 Å². The summed E-state index contributed by atoms with van der Waals surface area (Å²) < 4.78 is 0. The van der Waals surface area contributed by atoms with E-state index < -0.39 is 0 Å². The van der Waals surface area contributed by atoms with Crippen LogP contribution in [0, 0.1) is 5.92 Å². The second-order valence-corrected chi connectivity index (χ2v) is 4.90. The van der Waals surface area contributed by atoms with Crippen LogP contribution in [0.5, 0.6) is 0 Å². The number of aromatic nitrogens is 1. The summed E-state index contributed by atoms with van der Waals surface area (Å²) >= 11 is 6.22. The molecule has 1 aromatic rings. The van der Waals surface area contributed by atoms with Gasteiger partial charge in [0.2, 0.25) is 0 Å². The lowest BCUT2D eigenvalue weighted by atomic mass is 9.78. The van der Waals surface area contributed by atoms with Crippen molar-refractivity contribution in [3.8, 4) is 0 Å². The predicted molar refractivity (Wildman–Crippen MR) is 67.6 cm³/mol. The van der Waals surface area contributed by atoms with Crippen molar-refractivity contribution in [3.63, 3.8) is 0 Å². The van der Waals surface area contributed by atoms with Crippen LogP contribution in [0.25, 0.3) is 0 Å². The molecule has 1 saturated carbocycles. The van der Waals surface area contributed by atoms with Crippen molar-refractivity contribution < 1.29 is 0 Å². The summed E-state index contributed by atoms with van der Waals surface area (Å²) in [5, 5.41) is 4.38. The van der Waals surface area contributed by atoms with Gasteiger partial charge in [-0.15, -0.1) is 0 Å². The fraction of sp³-hybridized carbons (Fsp3) is 0.615. The molecule has 0 amide bonds. The molecule has 1 N–H and O–H groups in total. The van der Waals surface area contributed by atoms with Crippen molar-refractivity contribution in [2.75, 3.05) is 6.54 Å². The zero-order valence-corrected chi connectivity index (χ0v) is 10.5. The summed E-state index contributed by atoms with van der Waals surface area (Å²) in [4.78, 5) is 4.44. The van der Waals surface area contributed by atoms with E-state index in [1.807, 2.05) is 18.3 Å². The molecular formula is C13H19ClN2. The lowest BCUT2D eigenvalue weighted by molar-refractivity contribution is 0.228. The van der Waals surface area contributed by atoms with Gasteiger partial charge in [0, 0.05) is 6.20 Å². The molecule has 1 atom stereocenters. The smallest absolute Gasteiger partial charge is 0.0761 e. The summed E-state index contributed by atoms with van der Waals surface area (Å²) in [5.41, 5.74) is 1.03. The molecule has 1 aromatic heterocycles. The van der Waals surface area contributed by atoms with Crippen molar-refractivity contribution in [3.05, 3.63) is 29.0 Å². The number of hydrogen-bond acceptors (Lipinski definition) is 2. The monoisotopic (exact) mass is 238 g/mol. The Kier molecular flexibility index (Phi) is 4.19. The first-order chi connectivity index (χ1) is 7.83. The van der Waals surface area contributed by atoms with Crippen molar-refractivity contribution in [1.82, 2.24) is 10.3 Å². The zero-order chi connectivity index (χ0) is 11.4. The number of pyridine rings is 1. The lowest BCUT2D eigenvalue weighted by Crippen LogP contribution is -2.33. The highest BCUT2D eigenvalue weighted by molar-refractivity contribution is 6.31. The van der Waals surface area contributed by atoms with E-state index in [0.29, 0.717) is 6.04 Å². The maximum atomic E-state index is 6.22. The first-order valence-electron chi connectivity index (χ1n) is 6.16. The molecule has 1 heterocycles. The Hall–Kier alpha value is -0.600. The van der Waals surface area contributed by atoms with Crippen LogP contribution in [-0.2, 0) is 0 Å². The van der Waals surface area contributed by atoms with E-state index in [1.165, 1.54) is 19.3 Å². The molecule has 1 unspecified atom stereocenters. The number of rotatable bonds is 5. The standard InChI is InChI=1S/C13H19ClN2/c1-2-8-15-12(10-5-3-6-10)13-11(14)7-4-9-16-13/h4,7,9-10,12,15H,2-3,5-6,8H2,1H3. The molecule has 0 aromatic carbocycles. The van der Waals surface area contributed by atoms with E-state index in [-0.39, 0.29) is 0 Å². The van der Waals surface area contributed by atoms with Crippen molar-refractivity contribution >= 4 is 11.6 Å². The third-order valence-electron chi connectivity index (χ3n) is 3.32. The van der Waals surface area contributed by atoms with Crippen LogP contribution in [0.2, 0.25) is 5.02 Å². The van der Waals surface area contributed by atoms with Gasteiger partial charge in [-0.05, 0) is 43.9 Å². The Labute approximate surface area is 102 Å². The number of hydrogen-bond donors (Lipinski definition) is 1. The van der Waals surface area contributed by atoms with Gasteiger partial charge in [-0.2, -0.15) is 0 Å². The van der Waals surface area contributed by atoms with Crippen LogP contribution in [-0.4, -0.2) is 11.5 Å². The summed E-state index contributed by atoms with van der Waals surface area (Å²) in [7, 11) is 0. The second-order valence-electron chi connectivity index (χ2n) is 4.49. The largest absolute Gasteiger partial charge is 0.308 e. The predicted octanol–water partition coefficient (Wildman–Crippen LogP) is 3.58. The van der Waals surface area contributed by atoms with E-state index in [2.05, 4.69) is 17.2 Å². The molecule has 0 radical (unpaired) electrons. The van der Waals surface area contributed by atoms with Crippen LogP contribution in [0.1, 0.15) is 44.3 Å². The molecule has 0 spiro atoms. The van der Waals surface area contributed by atoms with Crippen LogP contribution >= 0.6 is 11.6 Å². The third-order valence-corrected chi connectivity index (χ3v) is 3.64. The quantitative estimate of drug-likeness (QED) is 0.848. The van der Waals surface area contributed by atoms with Gasteiger partial charge in [0.05, 0.1) is 16.8 Å². The van der Waals surface area contributed by atoms with Gasteiger partial charge in [0.25, 0.3) is 0 Å². The van der Waals surface area contributed by atoms with Crippen molar-refractivity contribution in [2.45, 2.75) is 38.6 Å². The first kappa shape index (κ1) is 11.9. The fourth-order valence-corrected chi connectivity index (χ4v) is 2.43. The minimum Gasteiger partial charge on any atom is -0.308 e. The van der Waals surface area contributed by atoms with Crippen LogP contribution in [0.15, 0.2) is 18.3 Å². The van der Waals surface area contributed by atoms with Crippen molar-refractivity contribution in [2.24, 2.45) is 5.92 Å². The van der Waals surface area contributed by atoms with Gasteiger partial charge in [-0.25, -0.2) is 0 Å². The van der Waals surface area contributed by atoms with E-state index in [4.69, 9.17) is 11.6 Å². The second kappa shape index (κ2) is 5.65. The molecular weight excluding hydrogens is 220 g/mol. The minimum absolute atomic E-state index is 0.349. The first-order valence-corrected chi connectivity index (χ1v) is 6.54. The number of nitrogens with zero attached hydrogens (tertiary/aromatic N) is 1. The molecule has 1 aliphatic rings. The fourth-order valence-electron chi connectivity index (χ4n) is 2.19. The van der Waals surface area contributed by atoms with Gasteiger partial charge < -0.3 is 5.32 Å². The van der Waals surface area contributed by atoms with E-state index in [9.17, 15) is 0 Å². The summed E-state index contributed by atoms with van der Waals surface area (Å²) in [6.07, 6.45) is 6.93. The summed E-state index contributed by atoms with van der Waals surface area (Å²) in [5.74, 6) is 0.721. The highest BCUT2D eigenvalue weighted by atomic mass is 35.5. The molecule has 3 heteroatoms. The molecule has 1 aliphatic carbocycles. The Balaban J connectivity index is 2.13. The number of nitrogens with one attached hydrogen (secondary N) is 1. The number of halogens is 1. The molecule has 1 fully saturated rings. The maximum Gasteiger partial charge on any atom is 0.0761 e. The van der Waals surface area contributed by atoms with E-state index in [0.717, 1.165) is 29.6 Å². The Morgan fingerprint density at radius 3 is 2.94 bits per heavy atom. The molecule has 16 heavy (non-hydrogen) atoms. The SMILES string of the molecule is CCCNC(c1ncccc1Cl)C1CCC1. The molecule has 2 nitrogen and oxygen atoms in total. The van der Waals surface area contributed by atoms with Crippen molar-refractivity contribution in [1.29, 1.82) is 0 Å². The average molecular weight is 239 g/mol. The van der Waals surface area contributed by atoms with E-state index in [1.54, 1.807) is 0 Å². The van der Waals surface area contributed by atoms with Crippen LogP contribution < -0.4 is 5.32 Å². The summed E-state index contributed by atoms with van der Waals surface area (Å²) in [6, 6.07) is 4.18.